The summed E-state index contributed by atoms with van der Waals surface area (Å²) in [6.45, 7) is 0. The molecule has 0 unspecified atom stereocenters. The topological polar surface area (TPSA) is 29.5 Å². The van der Waals surface area contributed by atoms with Gasteiger partial charge >= 0.3 is 0 Å². The molecule has 0 bridgehead atoms. The minimum absolute atomic E-state index is 0.195. The highest BCUT2D eigenvalue weighted by Crippen LogP contribution is 2.41. The molecule has 0 atom stereocenters. The maximum absolute atomic E-state index is 10.2. The first-order valence-corrected chi connectivity index (χ1v) is 6.52. The Hall–Kier alpha value is -2.00. The summed E-state index contributed by atoms with van der Waals surface area (Å²) in [5.74, 6) is 0.696. The van der Waals surface area contributed by atoms with E-state index in [1.165, 1.54) is 10.1 Å². The van der Waals surface area contributed by atoms with Gasteiger partial charge in [0.2, 0.25) is 0 Å². The molecule has 1 heterocycles. The number of phenols is 1. The van der Waals surface area contributed by atoms with Gasteiger partial charge in [-0.25, -0.2) is 0 Å². The number of benzene rings is 2. The smallest absolute Gasteiger partial charge is 0.165 e. The van der Waals surface area contributed by atoms with Crippen LogP contribution in [-0.2, 0) is 0 Å². The van der Waals surface area contributed by atoms with Crippen LogP contribution in [0.1, 0.15) is 0 Å². The molecule has 3 heteroatoms. The average Bonchev–Trinajstić information content (AvgIpc) is 2.87. The SMILES string of the molecule is COc1cccc(-c2cccc3ccsc23)c1O. The van der Waals surface area contributed by atoms with Crippen LogP contribution in [0.15, 0.2) is 47.8 Å². The van der Waals surface area contributed by atoms with Crippen LogP contribution >= 0.6 is 11.3 Å². The van der Waals surface area contributed by atoms with Gasteiger partial charge in [-0.05, 0) is 22.9 Å². The van der Waals surface area contributed by atoms with E-state index in [-0.39, 0.29) is 5.75 Å². The van der Waals surface area contributed by atoms with Gasteiger partial charge in [0, 0.05) is 15.8 Å². The lowest BCUT2D eigenvalue weighted by Gasteiger charge is -2.09. The fourth-order valence-corrected chi connectivity index (χ4v) is 3.04. The molecular weight excluding hydrogens is 244 g/mol. The number of ether oxygens (including phenoxy) is 1. The molecule has 0 saturated heterocycles. The molecule has 1 aromatic heterocycles. The van der Waals surface area contributed by atoms with Crippen LogP contribution in [0.4, 0.5) is 0 Å². The maximum Gasteiger partial charge on any atom is 0.165 e. The summed E-state index contributed by atoms with van der Waals surface area (Å²) in [6, 6.07) is 13.7. The lowest BCUT2D eigenvalue weighted by Crippen LogP contribution is -1.86. The zero-order valence-electron chi connectivity index (χ0n) is 9.88. The average molecular weight is 256 g/mol. The van der Waals surface area contributed by atoms with Crippen LogP contribution in [-0.4, -0.2) is 12.2 Å². The second-order valence-electron chi connectivity index (χ2n) is 4.00. The summed E-state index contributed by atoms with van der Waals surface area (Å²) in [4.78, 5) is 0. The van der Waals surface area contributed by atoms with E-state index in [4.69, 9.17) is 4.74 Å². The molecule has 0 fully saturated rings. The van der Waals surface area contributed by atoms with Gasteiger partial charge in [-0.1, -0.05) is 30.3 Å². The third-order valence-corrected chi connectivity index (χ3v) is 3.95. The second kappa shape index (κ2) is 4.35. The molecule has 3 aromatic rings. The van der Waals surface area contributed by atoms with Crippen molar-refractivity contribution in [3.63, 3.8) is 0 Å². The monoisotopic (exact) mass is 256 g/mol. The molecule has 0 saturated carbocycles. The Bertz CT molecular complexity index is 701. The van der Waals surface area contributed by atoms with Crippen molar-refractivity contribution >= 4 is 21.4 Å². The van der Waals surface area contributed by atoms with Crippen molar-refractivity contribution in [2.24, 2.45) is 0 Å². The first-order valence-electron chi connectivity index (χ1n) is 5.64. The van der Waals surface area contributed by atoms with E-state index in [1.54, 1.807) is 24.5 Å². The molecule has 1 N–H and O–H groups in total. The largest absolute Gasteiger partial charge is 0.504 e. The standard InChI is InChI=1S/C15H12O2S/c1-17-13-7-3-5-11(14(13)16)12-6-2-4-10-8-9-18-15(10)12/h2-9,16H,1H3. The molecule has 2 aromatic carbocycles. The molecule has 0 amide bonds. The van der Waals surface area contributed by atoms with Gasteiger partial charge in [-0.15, -0.1) is 11.3 Å². The molecular formula is C15H12O2S. The minimum Gasteiger partial charge on any atom is -0.504 e. The van der Waals surface area contributed by atoms with E-state index in [0.29, 0.717) is 5.75 Å². The fourth-order valence-electron chi connectivity index (χ4n) is 2.11. The van der Waals surface area contributed by atoms with Crippen LogP contribution in [0.2, 0.25) is 0 Å². The van der Waals surface area contributed by atoms with Gasteiger partial charge in [0.05, 0.1) is 7.11 Å². The van der Waals surface area contributed by atoms with E-state index in [0.717, 1.165) is 11.1 Å². The normalized spacial score (nSPS) is 10.7. The van der Waals surface area contributed by atoms with Crippen LogP contribution < -0.4 is 4.74 Å². The van der Waals surface area contributed by atoms with E-state index in [1.807, 2.05) is 24.3 Å². The number of thiophene rings is 1. The zero-order chi connectivity index (χ0) is 12.5. The van der Waals surface area contributed by atoms with Crippen molar-refractivity contribution in [2.75, 3.05) is 7.11 Å². The van der Waals surface area contributed by atoms with Gasteiger partial charge in [0.1, 0.15) is 0 Å². The van der Waals surface area contributed by atoms with Crippen molar-refractivity contribution < 1.29 is 9.84 Å². The highest BCUT2D eigenvalue weighted by molar-refractivity contribution is 7.17. The van der Waals surface area contributed by atoms with Crippen LogP contribution in [0.5, 0.6) is 11.5 Å². The highest BCUT2D eigenvalue weighted by atomic mass is 32.1. The second-order valence-corrected chi connectivity index (χ2v) is 4.92. The summed E-state index contributed by atoms with van der Waals surface area (Å²) in [5, 5.41) is 13.5. The Morgan fingerprint density at radius 3 is 2.61 bits per heavy atom. The molecule has 90 valence electrons. The number of hydrogen-bond acceptors (Lipinski definition) is 3. The van der Waals surface area contributed by atoms with Crippen molar-refractivity contribution in [1.82, 2.24) is 0 Å². The quantitative estimate of drug-likeness (QED) is 0.741. The molecule has 3 rings (SSSR count). The number of para-hydroxylation sites is 1. The number of fused-ring (bicyclic) bond motifs is 1. The molecule has 0 aliphatic rings. The Morgan fingerprint density at radius 2 is 1.78 bits per heavy atom. The zero-order valence-corrected chi connectivity index (χ0v) is 10.7. The van der Waals surface area contributed by atoms with Crippen LogP contribution in [0.3, 0.4) is 0 Å². The summed E-state index contributed by atoms with van der Waals surface area (Å²) in [6.07, 6.45) is 0. The molecule has 0 aliphatic heterocycles. The molecule has 0 radical (unpaired) electrons. The lowest BCUT2D eigenvalue weighted by molar-refractivity contribution is 0.374. The Labute approximate surface area is 109 Å². The Balaban J connectivity index is 2.29. The first-order chi connectivity index (χ1) is 8.81. The predicted molar refractivity (Wildman–Crippen MR) is 75.5 cm³/mol. The fraction of sp³-hybridized carbons (Fsp3) is 0.0667. The van der Waals surface area contributed by atoms with Crippen molar-refractivity contribution in [3.05, 3.63) is 47.8 Å². The van der Waals surface area contributed by atoms with E-state index in [9.17, 15) is 5.11 Å². The van der Waals surface area contributed by atoms with E-state index >= 15 is 0 Å². The van der Waals surface area contributed by atoms with Gasteiger partial charge < -0.3 is 9.84 Å². The van der Waals surface area contributed by atoms with Crippen molar-refractivity contribution in [2.45, 2.75) is 0 Å². The molecule has 0 spiro atoms. The number of aromatic hydroxyl groups is 1. The number of phenolic OH excluding ortho intramolecular Hbond substituents is 1. The number of methoxy groups -OCH3 is 1. The van der Waals surface area contributed by atoms with Crippen molar-refractivity contribution in [1.29, 1.82) is 0 Å². The summed E-state index contributed by atoms with van der Waals surface area (Å²) < 4.78 is 6.34. The Kier molecular flexibility index (Phi) is 2.68. The number of rotatable bonds is 2. The third kappa shape index (κ3) is 1.64. The predicted octanol–water partition coefficient (Wildman–Crippen LogP) is 4.28. The third-order valence-electron chi connectivity index (χ3n) is 2.99. The van der Waals surface area contributed by atoms with Crippen LogP contribution in [0, 0.1) is 0 Å². The van der Waals surface area contributed by atoms with Gasteiger partial charge in [-0.3, -0.25) is 0 Å². The van der Waals surface area contributed by atoms with E-state index in [2.05, 4.69) is 17.5 Å². The maximum atomic E-state index is 10.2. The van der Waals surface area contributed by atoms with Gasteiger partial charge in [0.15, 0.2) is 11.5 Å². The Morgan fingerprint density at radius 1 is 1.00 bits per heavy atom. The van der Waals surface area contributed by atoms with Gasteiger partial charge in [-0.2, -0.15) is 0 Å². The summed E-state index contributed by atoms with van der Waals surface area (Å²) >= 11 is 1.68. The van der Waals surface area contributed by atoms with E-state index < -0.39 is 0 Å². The number of hydrogen-bond donors (Lipinski definition) is 1. The van der Waals surface area contributed by atoms with Crippen LogP contribution in [0.25, 0.3) is 21.2 Å². The first kappa shape index (κ1) is 11.1. The lowest BCUT2D eigenvalue weighted by atomic mass is 10.0. The highest BCUT2D eigenvalue weighted by Gasteiger charge is 2.12. The summed E-state index contributed by atoms with van der Waals surface area (Å²) in [5.41, 5.74) is 1.85. The molecule has 18 heavy (non-hydrogen) atoms. The molecule has 2 nitrogen and oxygen atoms in total. The van der Waals surface area contributed by atoms with Crippen molar-refractivity contribution in [3.8, 4) is 22.6 Å². The minimum atomic E-state index is 0.195. The van der Waals surface area contributed by atoms with Gasteiger partial charge in [0.25, 0.3) is 0 Å². The molecule has 0 aliphatic carbocycles. The summed E-state index contributed by atoms with van der Waals surface area (Å²) in [7, 11) is 1.56.